The van der Waals surface area contributed by atoms with Crippen LogP contribution < -0.4 is 14.8 Å². The summed E-state index contributed by atoms with van der Waals surface area (Å²) in [6.07, 6.45) is -1.32. The van der Waals surface area contributed by atoms with Gasteiger partial charge in [0, 0.05) is 18.7 Å². The minimum absolute atomic E-state index is 0. The van der Waals surface area contributed by atoms with Crippen LogP contribution in [0.2, 0.25) is 0 Å². The number of halogens is 4. The quantitative estimate of drug-likeness (QED) is 0.705. The predicted octanol–water partition coefficient (Wildman–Crippen LogP) is 5.23. The minimum atomic E-state index is -4.73. The maximum atomic E-state index is 12.6. The van der Waals surface area contributed by atoms with Gasteiger partial charge in [0.2, 0.25) is 0 Å². The molecule has 0 radical (unpaired) electrons. The average Bonchev–Trinajstić information content (AvgIpc) is 2.51. The fraction of sp³-hybridized carbons (Fsp3) is 0.368. The van der Waals surface area contributed by atoms with E-state index in [1.807, 2.05) is 30.3 Å². The molecule has 3 nitrogen and oxygen atoms in total. The lowest BCUT2D eigenvalue weighted by atomic mass is 9.93. The largest absolute Gasteiger partial charge is 0.573 e. The van der Waals surface area contributed by atoms with E-state index in [1.54, 1.807) is 6.07 Å². The van der Waals surface area contributed by atoms with Crippen LogP contribution in [0.15, 0.2) is 48.5 Å². The number of nitrogens with one attached hydrogen (secondary N) is 1. The summed E-state index contributed by atoms with van der Waals surface area (Å²) >= 11 is 0. The molecule has 2 aromatic rings. The molecule has 2 aromatic carbocycles. The van der Waals surface area contributed by atoms with Crippen molar-refractivity contribution in [2.45, 2.75) is 44.8 Å². The van der Waals surface area contributed by atoms with Gasteiger partial charge in [0.1, 0.15) is 18.1 Å². The summed E-state index contributed by atoms with van der Waals surface area (Å²) in [5, 5.41) is 3.33. The molecule has 1 aliphatic carbocycles. The lowest BCUT2D eigenvalue weighted by Gasteiger charge is -2.26. The van der Waals surface area contributed by atoms with Crippen molar-refractivity contribution >= 4 is 12.4 Å². The van der Waals surface area contributed by atoms with Gasteiger partial charge in [-0.3, -0.25) is 0 Å². The Balaban J connectivity index is 0.00000243. The van der Waals surface area contributed by atoms with E-state index in [9.17, 15) is 13.2 Å². The van der Waals surface area contributed by atoms with Crippen LogP contribution in [0.4, 0.5) is 13.2 Å². The van der Waals surface area contributed by atoms with Gasteiger partial charge in [-0.25, -0.2) is 0 Å². The second-order valence-corrected chi connectivity index (χ2v) is 6.14. The van der Waals surface area contributed by atoms with Gasteiger partial charge in [0.15, 0.2) is 0 Å². The Morgan fingerprint density at radius 2 is 1.65 bits per heavy atom. The first-order chi connectivity index (χ1) is 12.0. The zero-order chi connectivity index (χ0) is 17.7. The van der Waals surface area contributed by atoms with E-state index in [0.717, 1.165) is 18.4 Å². The SMILES string of the molecule is Cl.FC(F)(F)Oc1cc(CNC2CCC2)cc(OCc2ccccc2)c1. The van der Waals surface area contributed by atoms with E-state index in [4.69, 9.17) is 4.74 Å². The molecule has 0 unspecified atom stereocenters. The molecule has 142 valence electrons. The van der Waals surface area contributed by atoms with Crippen LogP contribution in [0.1, 0.15) is 30.4 Å². The van der Waals surface area contributed by atoms with E-state index >= 15 is 0 Å². The third-order valence-corrected chi connectivity index (χ3v) is 4.12. The van der Waals surface area contributed by atoms with Crippen molar-refractivity contribution in [2.24, 2.45) is 0 Å². The summed E-state index contributed by atoms with van der Waals surface area (Å²) in [5.74, 6) is 0.0967. The molecule has 26 heavy (non-hydrogen) atoms. The molecular weight excluding hydrogens is 367 g/mol. The van der Waals surface area contributed by atoms with Gasteiger partial charge in [-0.2, -0.15) is 0 Å². The highest BCUT2D eigenvalue weighted by Gasteiger charge is 2.31. The summed E-state index contributed by atoms with van der Waals surface area (Å²) in [5.41, 5.74) is 1.65. The third kappa shape index (κ3) is 6.42. The highest BCUT2D eigenvalue weighted by Crippen LogP contribution is 2.29. The fourth-order valence-electron chi connectivity index (χ4n) is 2.62. The Morgan fingerprint density at radius 3 is 2.27 bits per heavy atom. The van der Waals surface area contributed by atoms with Crippen LogP contribution in [-0.2, 0) is 13.2 Å². The minimum Gasteiger partial charge on any atom is -0.489 e. The highest BCUT2D eigenvalue weighted by atomic mass is 35.5. The van der Waals surface area contributed by atoms with Crippen molar-refractivity contribution in [1.82, 2.24) is 5.32 Å². The molecule has 0 spiro atoms. The molecule has 1 N–H and O–H groups in total. The zero-order valence-corrected chi connectivity index (χ0v) is 14.9. The number of benzene rings is 2. The molecule has 3 rings (SSSR count). The summed E-state index contributed by atoms with van der Waals surface area (Å²) in [4.78, 5) is 0. The van der Waals surface area contributed by atoms with E-state index in [2.05, 4.69) is 10.1 Å². The van der Waals surface area contributed by atoms with Gasteiger partial charge in [0.25, 0.3) is 0 Å². The van der Waals surface area contributed by atoms with E-state index in [1.165, 1.54) is 18.6 Å². The Labute approximate surface area is 156 Å². The van der Waals surface area contributed by atoms with Crippen LogP contribution in [0.3, 0.4) is 0 Å². The maximum absolute atomic E-state index is 12.6. The maximum Gasteiger partial charge on any atom is 0.573 e. The van der Waals surface area contributed by atoms with Crippen molar-refractivity contribution in [2.75, 3.05) is 0 Å². The Morgan fingerprint density at radius 1 is 0.962 bits per heavy atom. The number of ether oxygens (including phenoxy) is 2. The van der Waals surface area contributed by atoms with Crippen LogP contribution in [0, 0.1) is 0 Å². The van der Waals surface area contributed by atoms with Crippen molar-refractivity contribution in [3.63, 3.8) is 0 Å². The number of hydrogen-bond donors (Lipinski definition) is 1. The van der Waals surface area contributed by atoms with Crippen molar-refractivity contribution in [3.05, 3.63) is 59.7 Å². The first-order valence-corrected chi connectivity index (χ1v) is 8.28. The average molecular weight is 388 g/mol. The van der Waals surface area contributed by atoms with Gasteiger partial charge in [0.05, 0.1) is 0 Å². The summed E-state index contributed by atoms with van der Waals surface area (Å²) in [7, 11) is 0. The van der Waals surface area contributed by atoms with Crippen LogP contribution in [-0.4, -0.2) is 12.4 Å². The first-order valence-electron chi connectivity index (χ1n) is 8.28. The summed E-state index contributed by atoms with van der Waals surface area (Å²) in [6.45, 7) is 0.771. The summed E-state index contributed by atoms with van der Waals surface area (Å²) < 4.78 is 47.4. The molecule has 0 aliphatic heterocycles. The smallest absolute Gasteiger partial charge is 0.489 e. The Hall–Kier alpha value is -1.92. The molecule has 0 amide bonds. The lowest BCUT2D eigenvalue weighted by Crippen LogP contribution is -2.34. The number of alkyl halides is 3. The molecule has 0 heterocycles. The predicted molar refractivity (Wildman–Crippen MR) is 95.6 cm³/mol. The molecule has 1 fully saturated rings. The fourth-order valence-corrected chi connectivity index (χ4v) is 2.62. The second kappa shape index (κ2) is 9.14. The molecule has 0 bridgehead atoms. The van der Waals surface area contributed by atoms with Crippen molar-refractivity contribution in [3.8, 4) is 11.5 Å². The zero-order valence-electron chi connectivity index (χ0n) is 14.1. The van der Waals surface area contributed by atoms with E-state index in [0.29, 0.717) is 23.9 Å². The molecule has 1 saturated carbocycles. The molecule has 0 aromatic heterocycles. The molecule has 7 heteroatoms. The van der Waals surface area contributed by atoms with E-state index < -0.39 is 6.36 Å². The number of rotatable bonds is 7. The Bertz CT molecular complexity index is 691. The van der Waals surface area contributed by atoms with Crippen LogP contribution in [0.25, 0.3) is 0 Å². The third-order valence-electron chi connectivity index (χ3n) is 4.12. The normalized spacial score (nSPS) is 14.3. The topological polar surface area (TPSA) is 30.5 Å². The van der Waals surface area contributed by atoms with Gasteiger partial charge in [-0.15, -0.1) is 25.6 Å². The monoisotopic (exact) mass is 387 g/mol. The standard InChI is InChI=1S/C19H20F3NO2.ClH/c20-19(21,22)25-18-10-15(12-23-16-7-4-8-16)9-17(11-18)24-13-14-5-2-1-3-6-14;/h1-3,5-6,9-11,16,23H,4,7-8,12-13H2;1H. The van der Waals surface area contributed by atoms with Gasteiger partial charge >= 0.3 is 6.36 Å². The Kier molecular flexibility index (Phi) is 7.17. The van der Waals surface area contributed by atoms with Gasteiger partial charge in [-0.05, 0) is 36.1 Å². The van der Waals surface area contributed by atoms with E-state index in [-0.39, 0.29) is 24.8 Å². The molecule has 0 saturated heterocycles. The van der Waals surface area contributed by atoms with Crippen molar-refractivity contribution < 1.29 is 22.6 Å². The second-order valence-electron chi connectivity index (χ2n) is 6.14. The molecular formula is C19H21ClF3NO2. The number of hydrogen-bond acceptors (Lipinski definition) is 3. The molecule has 0 atom stereocenters. The van der Waals surface area contributed by atoms with Crippen LogP contribution >= 0.6 is 12.4 Å². The highest BCUT2D eigenvalue weighted by molar-refractivity contribution is 5.85. The van der Waals surface area contributed by atoms with Crippen LogP contribution in [0.5, 0.6) is 11.5 Å². The van der Waals surface area contributed by atoms with Gasteiger partial charge in [-0.1, -0.05) is 36.8 Å². The van der Waals surface area contributed by atoms with Gasteiger partial charge < -0.3 is 14.8 Å². The molecule has 1 aliphatic rings. The first kappa shape index (κ1) is 20.4. The van der Waals surface area contributed by atoms with Crippen molar-refractivity contribution in [1.29, 1.82) is 0 Å². The summed E-state index contributed by atoms with van der Waals surface area (Å²) in [6, 6.07) is 14.3. The lowest BCUT2D eigenvalue weighted by molar-refractivity contribution is -0.274.